The van der Waals surface area contributed by atoms with Crippen molar-refractivity contribution in [2.45, 2.75) is 32.8 Å². The molecule has 0 radical (unpaired) electrons. The summed E-state index contributed by atoms with van der Waals surface area (Å²) >= 11 is 0. The van der Waals surface area contributed by atoms with Gasteiger partial charge in [0.25, 0.3) is 5.91 Å². The smallest absolute Gasteiger partial charge is 0.412 e. The molecule has 0 heterocycles. The van der Waals surface area contributed by atoms with E-state index in [4.69, 9.17) is 9.47 Å². The second-order valence-electron chi connectivity index (χ2n) is 7.45. The lowest BCUT2D eigenvalue weighted by Gasteiger charge is -2.20. The van der Waals surface area contributed by atoms with Crippen LogP contribution in [0.5, 0.6) is 5.75 Å². The zero-order chi connectivity index (χ0) is 20.6. The van der Waals surface area contributed by atoms with Gasteiger partial charge in [-0.1, -0.05) is 18.2 Å². The molecule has 0 aliphatic rings. The number of hydrogen-bond donors (Lipinski definition) is 1. The Bertz CT molecular complexity index is 767. The predicted molar refractivity (Wildman–Crippen MR) is 110 cm³/mol. The molecule has 0 saturated carbocycles. The highest BCUT2D eigenvalue weighted by molar-refractivity contribution is 5.95. The van der Waals surface area contributed by atoms with Gasteiger partial charge in [-0.3, -0.25) is 10.1 Å². The molecular weight excluding hydrogens is 356 g/mol. The Labute approximate surface area is 166 Å². The monoisotopic (exact) mass is 384 g/mol. The lowest BCUT2D eigenvalue weighted by atomic mass is 10.2. The highest BCUT2D eigenvalue weighted by atomic mass is 16.6. The van der Waals surface area contributed by atoms with Gasteiger partial charge < -0.3 is 14.4 Å². The molecule has 0 unspecified atom stereocenters. The molecule has 0 aliphatic carbocycles. The summed E-state index contributed by atoms with van der Waals surface area (Å²) in [5, 5.41) is 2.65. The molecule has 6 nitrogen and oxygen atoms in total. The van der Waals surface area contributed by atoms with Gasteiger partial charge in [0.15, 0.2) is 0 Å². The Morgan fingerprint density at radius 3 is 2.25 bits per heavy atom. The summed E-state index contributed by atoms with van der Waals surface area (Å²) in [4.78, 5) is 25.9. The summed E-state index contributed by atoms with van der Waals surface area (Å²) in [6, 6.07) is 16.3. The first-order valence-electron chi connectivity index (χ1n) is 9.28. The summed E-state index contributed by atoms with van der Waals surface area (Å²) in [5.74, 6) is 0.744. The van der Waals surface area contributed by atoms with Crippen LogP contribution in [0.15, 0.2) is 54.6 Å². The summed E-state index contributed by atoms with van der Waals surface area (Å²) in [5.41, 5.74) is 0.568. The van der Waals surface area contributed by atoms with Crippen molar-refractivity contribution in [3.63, 3.8) is 0 Å². The third-order valence-electron chi connectivity index (χ3n) is 3.77. The number of anilines is 1. The Hall–Kier alpha value is -3.02. The molecule has 2 rings (SSSR count). The van der Waals surface area contributed by atoms with E-state index in [1.54, 1.807) is 57.0 Å². The Morgan fingerprint density at radius 2 is 1.64 bits per heavy atom. The molecule has 28 heavy (non-hydrogen) atoms. The van der Waals surface area contributed by atoms with Gasteiger partial charge in [-0.25, -0.2) is 4.79 Å². The molecule has 0 saturated heterocycles. The summed E-state index contributed by atoms with van der Waals surface area (Å²) in [6.07, 6.45) is 0.206. The fourth-order valence-electron chi connectivity index (χ4n) is 2.45. The number of nitrogens with one attached hydrogen (secondary N) is 1. The molecule has 0 aliphatic heterocycles. The molecule has 0 aromatic heterocycles. The van der Waals surface area contributed by atoms with Gasteiger partial charge in [0.2, 0.25) is 0 Å². The van der Waals surface area contributed by atoms with Crippen molar-refractivity contribution < 1.29 is 19.1 Å². The minimum Gasteiger partial charge on any atom is -0.494 e. The number of carbonyl (C=O) groups is 2. The minimum atomic E-state index is -0.563. The van der Waals surface area contributed by atoms with Crippen molar-refractivity contribution in [1.29, 1.82) is 0 Å². The zero-order valence-corrected chi connectivity index (χ0v) is 16.9. The first-order valence-corrected chi connectivity index (χ1v) is 9.28. The van der Waals surface area contributed by atoms with E-state index in [9.17, 15) is 9.59 Å². The van der Waals surface area contributed by atoms with Gasteiger partial charge in [-0.2, -0.15) is 0 Å². The van der Waals surface area contributed by atoms with Crippen LogP contribution in [0, 0.1) is 0 Å². The van der Waals surface area contributed by atoms with Crippen LogP contribution in [0.2, 0.25) is 0 Å². The maximum Gasteiger partial charge on any atom is 0.412 e. The zero-order valence-electron chi connectivity index (χ0n) is 16.9. The summed E-state index contributed by atoms with van der Waals surface area (Å²) in [7, 11) is 1.76. The second-order valence-corrected chi connectivity index (χ2v) is 7.45. The molecule has 2 aromatic carbocycles. The van der Waals surface area contributed by atoms with Gasteiger partial charge in [-0.05, 0) is 63.6 Å². The van der Waals surface area contributed by atoms with E-state index in [0.29, 0.717) is 24.4 Å². The van der Waals surface area contributed by atoms with Gasteiger partial charge in [0.05, 0.1) is 6.61 Å². The van der Waals surface area contributed by atoms with Crippen LogP contribution in [-0.4, -0.2) is 42.7 Å². The third-order valence-corrected chi connectivity index (χ3v) is 3.77. The van der Waals surface area contributed by atoms with E-state index in [2.05, 4.69) is 5.32 Å². The van der Waals surface area contributed by atoms with E-state index < -0.39 is 11.7 Å². The van der Waals surface area contributed by atoms with Crippen LogP contribution >= 0.6 is 0 Å². The van der Waals surface area contributed by atoms with Gasteiger partial charge in [0.1, 0.15) is 11.4 Å². The number of rotatable bonds is 7. The van der Waals surface area contributed by atoms with Gasteiger partial charge in [-0.15, -0.1) is 0 Å². The minimum absolute atomic E-state index is 0.0801. The van der Waals surface area contributed by atoms with E-state index in [1.165, 1.54) is 0 Å². The fraction of sp³-hybridized carbons (Fsp3) is 0.364. The second kappa shape index (κ2) is 9.78. The molecular formula is C22H28N2O4. The van der Waals surface area contributed by atoms with Crippen LogP contribution in [0.25, 0.3) is 0 Å². The molecule has 2 aromatic rings. The van der Waals surface area contributed by atoms with E-state index >= 15 is 0 Å². The van der Waals surface area contributed by atoms with Crippen molar-refractivity contribution in [1.82, 2.24) is 4.90 Å². The van der Waals surface area contributed by atoms with Crippen molar-refractivity contribution >= 4 is 17.7 Å². The van der Waals surface area contributed by atoms with Gasteiger partial charge in [0, 0.05) is 24.8 Å². The Kier molecular flexibility index (Phi) is 7.44. The fourth-order valence-corrected chi connectivity index (χ4v) is 2.45. The van der Waals surface area contributed by atoms with E-state index in [-0.39, 0.29) is 5.91 Å². The highest BCUT2D eigenvalue weighted by Crippen LogP contribution is 2.14. The molecule has 0 atom stereocenters. The van der Waals surface area contributed by atoms with Crippen LogP contribution in [0.3, 0.4) is 0 Å². The number of nitrogens with zero attached hydrogens (tertiary/aromatic N) is 1. The molecule has 0 bridgehead atoms. The van der Waals surface area contributed by atoms with Crippen LogP contribution in [0.4, 0.5) is 10.5 Å². The van der Waals surface area contributed by atoms with Crippen LogP contribution in [0.1, 0.15) is 37.6 Å². The maximum atomic E-state index is 12.5. The first kappa shape index (κ1) is 21.3. The SMILES string of the molecule is CN(CCCOc1ccccc1)C(=O)c1ccc(NC(=O)OC(C)(C)C)cc1. The van der Waals surface area contributed by atoms with Crippen LogP contribution in [-0.2, 0) is 4.74 Å². The number of hydrogen-bond acceptors (Lipinski definition) is 4. The highest BCUT2D eigenvalue weighted by Gasteiger charge is 2.16. The molecule has 0 fully saturated rings. The third kappa shape index (κ3) is 7.31. The number of ether oxygens (including phenoxy) is 2. The predicted octanol–water partition coefficient (Wildman–Crippen LogP) is 4.57. The Morgan fingerprint density at radius 1 is 1.00 bits per heavy atom. The average molecular weight is 384 g/mol. The number of amides is 2. The standard InChI is InChI=1S/C22H28N2O4/c1-22(2,3)28-21(26)23-18-13-11-17(12-14-18)20(25)24(4)15-8-16-27-19-9-6-5-7-10-19/h5-7,9-14H,8,15-16H2,1-4H3,(H,23,26). The van der Waals surface area contributed by atoms with Gasteiger partial charge >= 0.3 is 6.09 Å². The van der Waals surface area contributed by atoms with E-state index in [1.807, 2.05) is 30.3 Å². The molecule has 150 valence electrons. The largest absolute Gasteiger partial charge is 0.494 e. The molecule has 6 heteroatoms. The molecule has 1 N–H and O–H groups in total. The summed E-state index contributed by atoms with van der Waals surface area (Å²) < 4.78 is 10.8. The van der Waals surface area contributed by atoms with Crippen molar-refractivity contribution in [3.8, 4) is 5.75 Å². The number of benzene rings is 2. The van der Waals surface area contributed by atoms with Crippen molar-refractivity contribution in [3.05, 3.63) is 60.2 Å². The average Bonchev–Trinajstić information content (AvgIpc) is 2.64. The number of carbonyl (C=O) groups excluding carboxylic acids is 2. The molecule has 0 spiro atoms. The van der Waals surface area contributed by atoms with Crippen LogP contribution < -0.4 is 10.1 Å². The Balaban J connectivity index is 1.78. The number of para-hydroxylation sites is 1. The van der Waals surface area contributed by atoms with Crippen molar-refractivity contribution in [2.24, 2.45) is 0 Å². The normalized spacial score (nSPS) is 10.9. The quantitative estimate of drug-likeness (QED) is 0.710. The van der Waals surface area contributed by atoms with E-state index in [0.717, 1.165) is 12.2 Å². The topological polar surface area (TPSA) is 67.9 Å². The maximum absolute atomic E-state index is 12.5. The first-order chi connectivity index (χ1) is 13.2. The molecule has 2 amide bonds. The lowest BCUT2D eigenvalue weighted by Crippen LogP contribution is -2.29. The van der Waals surface area contributed by atoms with Crippen molar-refractivity contribution in [2.75, 3.05) is 25.5 Å². The summed E-state index contributed by atoms with van der Waals surface area (Å²) in [6.45, 7) is 6.53. The lowest BCUT2D eigenvalue weighted by molar-refractivity contribution is 0.0635.